The zero-order valence-corrected chi connectivity index (χ0v) is 27.8. The second-order valence-electron chi connectivity index (χ2n) is 11.3. The van der Waals surface area contributed by atoms with Crippen LogP contribution in [0.25, 0.3) is 54.9 Å². The van der Waals surface area contributed by atoms with Crippen LogP contribution >= 0.6 is 0 Å². The van der Waals surface area contributed by atoms with Gasteiger partial charge in [-0.25, -0.2) is 19.2 Å². The molecule has 6 aromatic rings. The summed E-state index contributed by atoms with van der Waals surface area (Å²) in [5.74, 6) is -1.14. The molecule has 0 aliphatic carbocycles. The fourth-order valence-corrected chi connectivity index (χ4v) is 5.65. The van der Waals surface area contributed by atoms with Crippen LogP contribution in [0.5, 0.6) is 23.0 Å². The molecule has 0 atom stereocenters. The number of esters is 4. The van der Waals surface area contributed by atoms with E-state index in [0.717, 1.165) is 57.3 Å². The van der Waals surface area contributed by atoms with E-state index in [9.17, 15) is 19.2 Å². The molecule has 0 unspecified atom stereocenters. The average molecular weight is 687 g/mol. The SMILES string of the molecule is C=CC(=O)Oc1cccc(-c2ccc3cc4cc(-c5ccc(-c6cccc(OC(=O)C=C)c6)c(OC(=O)C=C)c5)ccc4c(OC(=O)C=C)c3c2)c1. The Morgan fingerprint density at radius 3 is 1.62 bits per heavy atom. The normalized spacial score (nSPS) is 10.5. The molecular weight excluding hydrogens is 656 g/mol. The predicted molar refractivity (Wildman–Crippen MR) is 201 cm³/mol. The van der Waals surface area contributed by atoms with Crippen LogP contribution in [0.3, 0.4) is 0 Å². The standard InChI is InChI=1S/C44H30O8/c1-5-40(45)49-34-13-9-11-27(23-34)29-15-16-32-22-33-21-28(18-20-37(33)44(38(32)25-29)52-43(48)8-4)30-17-19-36(39(26-30)51-42(47)7-3)31-12-10-14-35(24-31)50-41(46)6-2/h5-26H,1-4H2. The summed E-state index contributed by atoms with van der Waals surface area (Å²) in [6.45, 7) is 14.0. The Morgan fingerprint density at radius 1 is 0.423 bits per heavy atom. The molecule has 0 spiro atoms. The van der Waals surface area contributed by atoms with Crippen molar-refractivity contribution in [3.05, 3.63) is 160 Å². The lowest BCUT2D eigenvalue weighted by atomic mass is 9.94. The number of benzene rings is 6. The molecule has 6 rings (SSSR count). The lowest BCUT2D eigenvalue weighted by Gasteiger charge is -2.15. The van der Waals surface area contributed by atoms with Crippen molar-refractivity contribution in [3.63, 3.8) is 0 Å². The summed E-state index contributed by atoms with van der Waals surface area (Å²) in [4.78, 5) is 48.6. The van der Waals surface area contributed by atoms with Gasteiger partial charge in [-0.2, -0.15) is 0 Å². The van der Waals surface area contributed by atoms with Gasteiger partial charge in [0.1, 0.15) is 23.0 Å². The molecule has 254 valence electrons. The Bertz CT molecular complexity index is 2470. The lowest BCUT2D eigenvalue weighted by molar-refractivity contribution is -0.129. The highest BCUT2D eigenvalue weighted by molar-refractivity contribution is 6.09. The zero-order chi connectivity index (χ0) is 36.8. The van der Waals surface area contributed by atoms with E-state index in [2.05, 4.69) is 26.3 Å². The number of carbonyl (C=O) groups excluding carboxylic acids is 4. The summed E-state index contributed by atoms with van der Waals surface area (Å²) >= 11 is 0. The van der Waals surface area contributed by atoms with Gasteiger partial charge in [0.15, 0.2) is 0 Å². The van der Waals surface area contributed by atoms with Crippen molar-refractivity contribution in [2.75, 3.05) is 0 Å². The lowest BCUT2D eigenvalue weighted by Crippen LogP contribution is -2.05. The minimum atomic E-state index is -0.643. The molecule has 0 heterocycles. The van der Waals surface area contributed by atoms with E-state index in [1.165, 1.54) is 0 Å². The smallest absolute Gasteiger partial charge is 0.335 e. The van der Waals surface area contributed by atoms with Crippen LogP contribution in [0.4, 0.5) is 0 Å². The number of hydrogen-bond donors (Lipinski definition) is 0. The van der Waals surface area contributed by atoms with Crippen LogP contribution in [-0.4, -0.2) is 23.9 Å². The topological polar surface area (TPSA) is 105 Å². The van der Waals surface area contributed by atoms with Gasteiger partial charge in [0, 0.05) is 40.6 Å². The molecule has 0 saturated heterocycles. The Kier molecular flexibility index (Phi) is 10.0. The molecule has 0 N–H and O–H groups in total. The van der Waals surface area contributed by atoms with Crippen molar-refractivity contribution in [1.82, 2.24) is 0 Å². The van der Waals surface area contributed by atoms with Crippen molar-refractivity contribution in [3.8, 4) is 56.4 Å². The maximum Gasteiger partial charge on any atom is 0.335 e. The first kappa shape index (κ1) is 34.5. The number of rotatable bonds is 11. The molecule has 0 radical (unpaired) electrons. The zero-order valence-electron chi connectivity index (χ0n) is 27.8. The summed E-state index contributed by atoms with van der Waals surface area (Å²) in [6.07, 6.45) is 4.35. The molecule has 6 aromatic carbocycles. The monoisotopic (exact) mass is 686 g/mol. The Morgan fingerprint density at radius 2 is 0.942 bits per heavy atom. The van der Waals surface area contributed by atoms with Gasteiger partial charge in [-0.3, -0.25) is 0 Å². The van der Waals surface area contributed by atoms with E-state index in [1.807, 2.05) is 60.7 Å². The molecule has 0 amide bonds. The summed E-state index contributed by atoms with van der Waals surface area (Å²) in [5.41, 5.74) is 4.36. The molecule has 0 bridgehead atoms. The van der Waals surface area contributed by atoms with Crippen LogP contribution in [0, 0.1) is 0 Å². The highest BCUT2D eigenvalue weighted by atomic mass is 16.5. The quantitative estimate of drug-likeness (QED) is 0.0575. The minimum absolute atomic E-state index is 0.268. The Hall–Kier alpha value is -7.32. The van der Waals surface area contributed by atoms with Crippen molar-refractivity contribution >= 4 is 45.4 Å². The first-order chi connectivity index (χ1) is 25.2. The van der Waals surface area contributed by atoms with Gasteiger partial charge in [-0.05, 0) is 93.2 Å². The van der Waals surface area contributed by atoms with Gasteiger partial charge < -0.3 is 18.9 Å². The first-order valence-electron chi connectivity index (χ1n) is 15.9. The van der Waals surface area contributed by atoms with Crippen molar-refractivity contribution in [1.29, 1.82) is 0 Å². The van der Waals surface area contributed by atoms with E-state index in [4.69, 9.17) is 18.9 Å². The van der Waals surface area contributed by atoms with Crippen molar-refractivity contribution in [2.45, 2.75) is 0 Å². The molecule has 0 aliphatic rings. The van der Waals surface area contributed by atoms with E-state index in [1.54, 1.807) is 48.5 Å². The Balaban J connectivity index is 1.44. The molecule has 0 aliphatic heterocycles. The summed E-state index contributed by atoms with van der Waals surface area (Å²) in [6, 6.07) is 32.8. The van der Waals surface area contributed by atoms with Crippen LogP contribution in [0.15, 0.2) is 160 Å². The fourth-order valence-electron chi connectivity index (χ4n) is 5.65. The number of fused-ring (bicyclic) bond motifs is 2. The third-order valence-corrected chi connectivity index (χ3v) is 8.05. The van der Waals surface area contributed by atoms with E-state index >= 15 is 0 Å². The van der Waals surface area contributed by atoms with E-state index < -0.39 is 23.9 Å². The van der Waals surface area contributed by atoms with Crippen LogP contribution in [-0.2, 0) is 19.2 Å². The Labute approximate surface area is 299 Å². The van der Waals surface area contributed by atoms with Gasteiger partial charge in [-0.15, -0.1) is 0 Å². The van der Waals surface area contributed by atoms with Crippen molar-refractivity contribution < 1.29 is 38.1 Å². The van der Waals surface area contributed by atoms with E-state index in [-0.39, 0.29) is 5.75 Å². The third-order valence-electron chi connectivity index (χ3n) is 8.05. The highest BCUT2D eigenvalue weighted by Crippen LogP contribution is 2.41. The van der Waals surface area contributed by atoms with Gasteiger partial charge in [0.2, 0.25) is 0 Å². The van der Waals surface area contributed by atoms with Gasteiger partial charge >= 0.3 is 23.9 Å². The molecule has 52 heavy (non-hydrogen) atoms. The van der Waals surface area contributed by atoms with Gasteiger partial charge in [-0.1, -0.05) is 80.9 Å². The maximum absolute atomic E-state index is 12.6. The average Bonchev–Trinajstić information content (AvgIpc) is 3.17. The van der Waals surface area contributed by atoms with Crippen LogP contribution in [0.1, 0.15) is 0 Å². The first-order valence-corrected chi connectivity index (χ1v) is 15.9. The van der Waals surface area contributed by atoms with Crippen molar-refractivity contribution in [2.24, 2.45) is 0 Å². The third kappa shape index (κ3) is 7.46. The molecule has 8 heteroatoms. The second-order valence-corrected chi connectivity index (χ2v) is 11.3. The number of ether oxygens (including phenoxy) is 4. The summed E-state index contributed by atoms with van der Waals surface area (Å²) in [7, 11) is 0. The van der Waals surface area contributed by atoms with Crippen LogP contribution < -0.4 is 18.9 Å². The minimum Gasteiger partial charge on any atom is -0.423 e. The highest BCUT2D eigenvalue weighted by Gasteiger charge is 2.17. The molecule has 0 aromatic heterocycles. The molecule has 0 saturated carbocycles. The number of carbonyl (C=O) groups is 4. The number of hydrogen-bond acceptors (Lipinski definition) is 8. The van der Waals surface area contributed by atoms with Crippen LogP contribution in [0.2, 0.25) is 0 Å². The predicted octanol–water partition coefficient (Wildman–Crippen LogP) is 9.36. The summed E-state index contributed by atoms with van der Waals surface area (Å²) in [5, 5.41) is 2.96. The van der Waals surface area contributed by atoms with Gasteiger partial charge in [0.25, 0.3) is 0 Å². The van der Waals surface area contributed by atoms with E-state index in [0.29, 0.717) is 39.1 Å². The molecule has 8 nitrogen and oxygen atoms in total. The largest absolute Gasteiger partial charge is 0.423 e. The fraction of sp³-hybridized carbons (Fsp3) is 0. The summed E-state index contributed by atoms with van der Waals surface area (Å²) < 4.78 is 22.1. The molecular formula is C44H30O8. The van der Waals surface area contributed by atoms with Gasteiger partial charge in [0.05, 0.1) is 0 Å². The molecule has 0 fully saturated rings. The maximum atomic E-state index is 12.6. The second kappa shape index (κ2) is 15.1.